The van der Waals surface area contributed by atoms with E-state index in [1.165, 1.54) is 13.2 Å². The molecule has 1 heterocycles. The summed E-state index contributed by atoms with van der Waals surface area (Å²) in [6, 6.07) is 10.5. The van der Waals surface area contributed by atoms with Crippen molar-refractivity contribution in [1.82, 2.24) is 5.32 Å². The highest BCUT2D eigenvalue weighted by atomic mass is 127. The van der Waals surface area contributed by atoms with Crippen LogP contribution in [0, 0.1) is 3.57 Å². The molecule has 21 heavy (non-hydrogen) atoms. The van der Waals surface area contributed by atoms with Crippen molar-refractivity contribution in [3.8, 4) is 0 Å². The molecule has 6 heteroatoms. The molecule has 0 aliphatic heterocycles. The fraction of sp³-hybridized carbons (Fsp3) is 0.200. The largest absolute Gasteiger partial charge is 0.467 e. The SMILES string of the molecule is C[C@@H](OC(=O)c1ccccc1I)C(=O)NCc1ccco1. The van der Waals surface area contributed by atoms with Gasteiger partial charge in [0.25, 0.3) is 5.91 Å². The highest BCUT2D eigenvalue weighted by molar-refractivity contribution is 14.1. The number of nitrogens with one attached hydrogen (secondary N) is 1. The monoisotopic (exact) mass is 399 g/mol. The van der Waals surface area contributed by atoms with Crippen molar-refractivity contribution in [2.75, 3.05) is 0 Å². The summed E-state index contributed by atoms with van der Waals surface area (Å²) in [6.07, 6.45) is 0.658. The Bertz CT molecular complexity index is 624. The lowest BCUT2D eigenvalue weighted by molar-refractivity contribution is -0.129. The molecule has 110 valence electrons. The van der Waals surface area contributed by atoms with Crippen molar-refractivity contribution >= 4 is 34.5 Å². The number of hydrogen-bond donors (Lipinski definition) is 1. The van der Waals surface area contributed by atoms with Gasteiger partial charge in [-0.3, -0.25) is 4.79 Å². The zero-order valence-electron chi connectivity index (χ0n) is 11.3. The van der Waals surface area contributed by atoms with E-state index in [1.54, 1.807) is 30.3 Å². The number of carbonyl (C=O) groups is 2. The van der Waals surface area contributed by atoms with E-state index in [4.69, 9.17) is 9.15 Å². The van der Waals surface area contributed by atoms with E-state index in [1.807, 2.05) is 28.7 Å². The van der Waals surface area contributed by atoms with Gasteiger partial charge >= 0.3 is 5.97 Å². The normalized spacial score (nSPS) is 11.7. The summed E-state index contributed by atoms with van der Waals surface area (Å²) in [4.78, 5) is 23.8. The summed E-state index contributed by atoms with van der Waals surface area (Å²) >= 11 is 2.05. The lowest BCUT2D eigenvalue weighted by Crippen LogP contribution is -2.35. The minimum Gasteiger partial charge on any atom is -0.467 e. The van der Waals surface area contributed by atoms with Crippen molar-refractivity contribution in [2.45, 2.75) is 19.6 Å². The van der Waals surface area contributed by atoms with Gasteiger partial charge in [-0.2, -0.15) is 0 Å². The third kappa shape index (κ3) is 4.32. The zero-order valence-corrected chi connectivity index (χ0v) is 13.5. The van der Waals surface area contributed by atoms with Gasteiger partial charge in [0.05, 0.1) is 18.4 Å². The number of amides is 1. The standard InChI is InChI=1S/C15H14INO4/c1-10(14(18)17-9-11-5-4-8-20-11)21-15(19)12-6-2-3-7-13(12)16/h2-8,10H,9H2,1H3,(H,17,18)/t10-/m1/s1. The molecule has 0 unspecified atom stereocenters. The summed E-state index contributed by atoms with van der Waals surface area (Å²) in [6.45, 7) is 1.79. The summed E-state index contributed by atoms with van der Waals surface area (Å²) in [5.74, 6) is -0.245. The van der Waals surface area contributed by atoms with Crippen LogP contribution in [-0.4, -0.2) is 18.0 Å². The lowest BCUT2D eigenvalue weighted by Gasteiger charge is -2.13. The highest BCUT2D eigenvalue weighted by Crippen LogP contribution is 2.13. The predicted molar refractivity (Wildman–Crippen MR) is 84.6 cm³/mol. The van der Waals surface area contributed by atoms with Crippen LogP contribution in [0.5, 0.6) is 0 Å². The van der Waals surface area contributed by atoms with Crippen LogP contribution < -0.4 is 5.32 Å². The molecule has 1 N–H and O–H groups in total. The van der Waals surface area contributed by atoms with Gasteiger partial charge in [-0.1, -0.05) is 12.1 Å². The van der Waals surface area contributed by atoms with Crippen LogP contribution in [0.25, 0.3) is 0 Å². The second kappa shape index (κ2) is 7.26. The van der Waals surface area contributed by atoms with E-state index in [2.05, 4.69) is 5.32 Å². The Kier molecular flexibility index (Phi) is 5.38. The Hall–Kier alpha value is -1.83. The van der Waals surface area contributed by atoms with E-state index >= 15 is 0 Å². The summed E-state index contributed by atoms with van der Waals surface area (Å²) in [5.41, 5.74) is 0.448. The molecule has 1 aromatic heterocycles. The minimum absolute atomic E-state index is 0.261. The molecule has 0 bridgehead atoms. The number of rotatable bonds is 5. The van der Waals surface area contributed by atoms with Crippen molar-refractivity contribution in [2.24, 2.45) is 0 Å². The molecule has 2 rings (SSSR count). The van der Waals surface area contributed by atoms with E-state index in [0.29, 0.717) is 11.3 Å². The molecular formula is C15H14INO4. The first-order valence-corrected chi connectivity index (χ1v) is 7.41. The van der Waals surface area contributed by atoms with Crippen LogP contribution in [0.1, 0.15) is 23.0 Å². The quantitative estimate of drug-likeness (QED) is 0.620. The Morgan fingerprint density at radius 1 is 1.29 bits per heavy atom. The molecule has 0 saturated heterocycles. The first kappa shape index (κ1) is 15.6. The number of hydrogen-bond acceptors (Lipinski definition) is 4. The molecule has 5 nitrogen and oxygen atoms in total. The van der Waals surface area contributed by atoms with Gasteiger partial charge in [0.1, 0.15) is 5.76 Å². The van der Waals surface area contributed by atoms with E-state index in [-0.39, 0.29) is 12.5 Å². The first-order chi connectivity index (χ1) is 10.1. The first-order valence-electron chi connectivity index (χ1n) is 6.33. The van der Waals surface area contributed by atoms with Gasteiger partial charge in [0, 0.05) is 3.57 Å². The second-order valence-electron chi connectivity index (χ2n) is 4.32. The zero-order chi connectivity index (χ0) is 15.2. The number of furan rings is 1. The molecule has 1 amide bonds. The average molecular weight is 399 g/mol. The number of esters is 1. The van der Waals surface area contributed by atoms with Crippen LogP contribution in [0.2, 0.25) is 0 Å². The molecule has 0 spiro atoms. The maximum Gasteiger partial charge on any atom is 0.339 e. The molecule has 0 aliphatic rings. The van der Waals surface area contributed by atoms with Crippen molar-refractivity contribution in [3.05, 3.63) is 57.6 Å². The van der Waals surface area contributed by atoms with E-state index in [0.717, 1.165) is 3.57 Å². The predicted octanol–water partition coefficient (Wildman–Crippen LogP) is 2.75. The van der Waals surface area contributed by atoms with E-state index < -0.39 is 12.1 Å². The Balaban J connectivity index is 1.88. The average Bonchev–Trinajstić information content (AvgIpc) is 2.98. The topological polar surface area (TPSA) is 68.5 Å². The van der Waals surface area contributed by atoms with Crippen LogP contribution in [-0.2, 0) is 16.1 Å². The van der Waals surface area contributed by atoms with Gasteiger partial charge in [-0.25, -0.2) is 4.79 Å². The van der Waals surface area contributed by atoms with Gasteiger partial charge in [-0.05, 0) is 53.8 Å². The van der Waals surface area contributed by atoms with Crippen molar-refractivity contribution in [1.29, 1.82) is 0 Å². The molecule has 0 fully saturated rings. The molecule has 1 atom stereocenters. The smallest absolute Gasteiger partial charge is 0.339 e. The van der Waals surface area contributed by atoms with Crippen LogP contribution >= 0.6 is 22.6 Å². The van der Waals surface area contributed by atoms with Crippen LogP contribution in [0.15, 0.2) is 47.1 Å². The van der Waals surface area contributed by atoms with Gasteiger partial charge in [0.2, 0.25) is 0 Å². The maximum absolute atomic E-state index is 12.0. The molecule has 0 radical (unpaired) electrons. The second-order valence-corrected chi connectivity index (χ2v) is 5.49. The fourth-order valence-electron chi connectivity index (χ4n) is 1.64. The minimum atomic E-state index is -0.872. The maximum atomic E-state index is 12.0. The molecule has 2 aromatic rings. The third-order valence-corrected chi connectivity index (χ3v) is 3.70. The van der Waals surface area contributed by atoms with Gasteiger partial charge < -0.3 is 14.5 Å². The molecule has 0 saturated carbocycles. The van der Waals surface area contributed by atoms with Crippen molar-refractivity contribution in [3.63, 3.8) is 0 Å². The van der Waals surface area contributed by atoms with Gasteiger partial charge in [0.15, 0.2) is 6.10 Å². The summed E-state index contributed by atoms with van der Waals surface area (Å²) in [7, 11) is 0. The number of carbonyl (C=O) groups excluding carboxylic acids is 2. The van der Waals surface area contributed by atoms with Crippen LogP contribution in [0.3, 0.4) is 0 Å². The van der Waals surface area contributed by atoms with Crippen LogP contribution in [0.4, 0.5) is 0 Å². The summed E-state index contributed by atoms with van der Waals surface area (Å²) < 4.78 is 11.0. The Morgan fingerprint density at radius 3 is 2.71 bits per heavy atom. The van der Waals surface area contributed by atoms with E-state index in [9.17, 15) is 9.59 Å². The molecule has 1 aromatic carbocycles. The number of ether oxygens (including phenoxy) is 1. The number of benzene rings is 1. The summed E-state index contributed by atoms with van der Waals surface area (Å²) in [5, 5.41) is 2.64. The highest BCUT2D eigenvalue weighted by Gasteiger charge is 2.20. The fourth-order valence-corrected chi connectivity index (χ4v) is 2.24. The number of halogens is 1. The Morgan fingerprint density at radius 2 is 2.05 bits per heavy atom. The molecule has 0 aliphatic carbocycles. The van der Waals surface area contributed by atoms with Gasteiger partial charge in [-0.15, -0.1) is 0 Å². The Labute approximate surface area is 135 Å². The lowest BCUT2D eigenvalue weighted by atomic mass is 10.2. The van der Waals surface area contributed by atoms with Crippen molar-refractivity contribution < 1.29 is 18.7 Å². The third-order valence-electron chi connectivity index (χ3n) is 2.76. The molecular weight excluding hydrogens is 385 g/mol.